The second-order valence-corrected chi connectivity index (χ2v) is 10.6. The standard InChI is InChI=1S/C17H28ClFN5O7PS/c1-10(2)30-14(25)11(3)23-32(27,28-6-7-33-21)29-9-12-8-17(18,19)15(31-12)24-5-4-13(20)22-16(24)26/h4-5,10-12,15H,6-9,21H2,1-3H3,(H,23,27)(H2,20,22,26). The van der Waals surface area contributed by atoms with E-state index in [1.54, 1.807) is 13.8 Å². The van der Waals surface area contributed by atoms with Gasteiger partial charge in [0.25, 0.3) is 0 Å². The monoisotopic (exact) mass is 531 g/mol. The number of nitrogens with two attached hydrogens (primary N) is 2. The van der Waals surface area contributed by atoms with E-state index in [0.717, 1.165) is 16.5 Å². The number of alkyl halides is 2. The van der Waals surface area contributed by atoms with Crippen LogP contribution in [-0.4, -0.2) is 57.9 Å². The van der Waals surface area contributed by atoms with Crippen molar-refractivity contribution in [3.63, 3.8) is 0 Å². The van der Waals surface area contributed by atoms with Gasteiger partial charge in [-0.1, -0.05) is 23.5 Å². The highest BCUT2D eigenvalue weighted by Gasteiger charge is 2.50. The van der Waals surface area contributed by atoms with Gasteiger partial charge in [0.05, 0.1) is 25.4 Å². The number of carbonyl (C=O) groups is 1. The maximum absolute atomic E-state index is 15.0. The van der Waals surface area contributed by atoms with Gasteiger partial charge in [-0.2, -0.15) is 4.98 Å². The van der Waals surface area contributed by atoms with Crippen molar-refractivity contribution in [3.05, 3.63) is 22.7 Å². The first kappa shape index (κ1) is 28.0. The molecule has 0 bridgehead atoms. The fourth-order valence-corrected chi connectivity index (χ4v) is 4.96. The van der Waals surface area contributed by atoms with Crippen molar-refractivity contribution >= 4 is 43.1 Å². The first-order valence-electron chi connectivity index (χ1n) is 9.94. The van der Waals surface area contributed by atoms with Crippen molar-refractivity contribution in [2.75, 3.05) is 24.7 Å². The van der Waals surface area contributed by atoms with Crippen molar-refractivity contribution in [1.29, 1.82) is 0 Å². The number of esters is 1. The van der Waals surface area contributed by atoms with Gasteiger partial charge in [0.2, 0.25) is 5.13 Å². The molecule has 5 unspecified atom stereocenters. The van der Waals surface area contributed by atoms with Crippen molar-refractivity contribution in [1.82, 2.24) is 14.6 Å². The number of nitrogen functional groups attached to an aromatic ring is 1. The molecule has 0 amide bonds. The number of anilines is 1. The van der Waals surface area contributed by atoms with E-state index < -0.39 is 49.5 Å². The van der Waals surface area contributed by atoms with Crippen molar-refractivity contribution in [3.8, 4) is 0 Å². The lowest BCUT2D eigenvalue weighted by Gasteiger charge is -2.24. The Morgan fingerprint density at radius 3 is 2.82 bits per heavy atom. The highest BCUT2D eigenvalue weighted by Crippen LogP contribution is 2.48. The maximum Gasteiger partial charge on any atom is 0.406 e. The first-order valence-corrected chi connectivity index (χ1v) is 12.9. The fourth-order valence-electron chi connectivity index (χ4n) is 2.83. The highest BCUT2D eigenvalue weighted by atomic mass is 35.5. The second-order valence-electron chi connectivity index (χ2n) is 7.45. The zero-order chi connectivity index (χ0) is 24.8. The summed E-state index contributed by atoms with van der Waals surface area (Å²) >= 11 is 6.90. The smallest absolute Gasteiger partial charge is 0.406 e. The van der Waals surface area contributed by atoms with Crippen LogP contribution in [0.5, 0.6) is 0 Å². The Bertz CT molecular complexity index is 924. The zero-order valence-electron chi connectivity index (χ0n) is 18.3. The minimum atomic E-state index is -4.07. The largest absolute Gasteiger partial charge is 0.462 e. The first-order chi connectivity index (χ1) is 15.4. The van der Waals surface area contributed by atoms with Crippen molar-refractivity contribution in [2.45, 2.75) is 56.8 Å². The van der Waals surface area contributed by atoms with E-state index >= 15 is 0 Å². The van der Waals surface area contributed by atoms with Crippen LogP contribution in [0.4, 0.5) is 10.2 Å². The summed E-state index contributed by atoms with van der Waals surface area (Å²) in [6, 6.07) is 0.259. The molecule has 0 spiro atoms. The van der Waals surface area contributed by atoms with Crippen LogP contribution in [0, 0.1) is 0 Å². The molecule has 0 radical (unpaired) electrons. The van der Waals surface area contributed by atoms with E-state index in [2.05, 4.69) is 10.1 Å². The molecule has 1 aliphatic rings. The van der Waals surface area contributed by atoms with E-state index in [1.807, 2.05) is 0 Å². The average Bonchev–Trinajstić information content (AvgIpc) is 3.00. The molecule has 2 heterocycles. The van der Waals surface area contributed by atoms with E-state index in [1.165, 1.54) is 19.2 Å². The molecule has 1 aliphatic heterocycles. The van der Waals surface area contributed by atoms with Crippen molar-refractivity contribution < 1.29 is 32.3 Å². The third-order valence-electron chi connectivity index (χ3n) is 4.24. The summed E-state index contributed by atoms with van der Waals surface area (Å²) in [7, 11) is -4.07. The molecule has 33 heavy (non-hydrogen) atoms. The topological polar surface area (TPSA) is 170 Å². The zero-order valence-corrected chi connectivity index (χ0v) is 20.8. The van der Waals surface area contributed by atoms with Crippen LogP contribution >= 0.6 is 31.3 Å². The van der Waals surface area contributed by atoms with Gasteiger partial charge in [-0.3, -0.25) is 23.5 Å². The van der Waals surface area contributed by atoms with Gasteiger partial charge in [0.1, 0.15) is 11.9 Å². The number of rotatable bonds is 12. The Hall–Kier alpha value is -1.25. The van der Waals surface area contributed by atoms with E-state index in [0.29, 0.717) is 5.75 Å². The molecule has 1 fully saturated rings. The average molecular weight is 532 g/mol. The SMILES string of the molecule is CC(C)OC(=O)C(C)NP(=O)(OCCSN)OCC1CC(F)(Cl)C(n2ccc(N)nc2=O)O1. The predicted molar refractivity (Wildman–Crippen MR) is 121 cm³/mol. The molecule has 188 valence electrons. The van der Waals surface area contributed by atoms with Crippen LogP contribution in [-0.2, 0) is 27.9 Å². The Balaban J connectivity index is 2.08. The molecular weight excluding hydrogens is 504 g/mol. The minimum Gasteiger partial charge on any atom is -0.462 e. The van der Waals surface area contributed by atoms with Crippen LogP contribution in [0.1, 0.15) is 33.4 Å². The summed E-state index contributed by atoms with van der Waals surface area (Å²) in [6.45, 7) is 4.29. The minimum absolute atomic E-state index is 0.0434. The lowest BCUT2D eigenvalue weighted by atomic mass is 10.2. The summed E-state index contributed by atoms with van der Waals surface area (Å²) in [6.07, 6.45) is -2.08. The summed E-state index contributed by atoms with van der Waals surface area (Å²) < 4.78 is 50.3. The number of halogens is 2. The summed E-state index contributed by atoms with van der Waals surface area (Å²) in [4.78, 5) is 27.7. The number of hydrogen-bond donors (Lipinski definition) is 3. The lowest BCUT2D eigenvalue weighted by Crippen LogP contribution is -2.36. The molecule has 5 atom stereocenters. The molecule has 2 rings (SSSR count). The maximum atomic E-state index is 15.0. The molecule has 1 aromatic rings. The molecular formula is C17H28ClFN5O7PS. The van der Waals surface area contributed by atoms with E-state index in [4.69, 9.17) is 41.0 Å². The summed E-state index contributed by atoms with van der Waals surface area (Å²) in [5.41, 5.74) is 4.60. The van der Waals surface area contributed by atoms with Crippen LogP contribution in [0.15, 0.2) is 17.1 Å². The molecule has 1 saturated heterocycles. The van der Waals surface area contributed by atoms with Gasteiger partial charge in [-0.25, -0.2) is 18.8 Å². The third kappa shape index (κ3) is 8.18. The molecule has 12 nitrogen and oxygen atoms in total. The molecule has 5 N–H and O–H groups in total. The molecule has 16 heteroatoms. The molecule has 0 aromatic carbocycles. The number of ether oxygens (including phenoxy) is 2. The van der Waals surface area contributed by atoms with Crippen LogP contribution in [0.25, 0.3) is 0 Å². The Kier molecular flexibility index (Phi) is 10.1. The Morgan fingerprint density at radius 1 is 1.52 bits per heavy atom. The van der Waals surface area contributed by atoms with Crippen molar-refractivity contribution in [2.24, 2.45) is 5.14 Å². The lowest BCUT2D eigenvalue weighted by molar-refractivity contribution is -0.149. The third-order valence-corrected chi connectivity index (χ3v) is 6.69. The van der Waals surface area contributed by atoms with Gasteiger partial charge < -0.3 is 15.2 Å². The molecule has 0 aliphatic carbocycles. The Labute approximate surface area is 199 Å². The normalized spacial score (nSPS) is 25.7. The van der Waals surface area contributed by atoms with Gasteiger partial charge in [-0.05, 0) is 26.8 Å². The van der Waals surface area contributed by atoms with Crippen LogP contribution in [0.3, 0.4) is 0 Å². The number of nitrogens with zero attached hydrogens (tertiary/aromatic N) is 2. The van der Waals surface area contributed by atoms with Gasteiger partial charge in [0, 0.05) is 18.4 Å². The Morgan fingerprint density at radius 2 is 2.21 bits per heavy atom. The van der Waals surface area contributed by atoms with Crippen LogP contribution in [0.2, 0.25) is 0 Å². The quantitative estimate of drug-likeness (QED) is 0.117. The van der Waals surface area contributed by atoms with Crippen LogP contribution < -0.4 is 21.6 Å². The number of carbonyl (C=O) groups excluding carboxylic acids is 1. The van der Waals surface area contributed by atoms with Gasteiger partial charge in [0.15, 0.2) is 6.23 Å². The van der Waals surface area contributed by atoms with E-state index in [-0.39, 0.29) is 24.9 Å². The number of aromatic nitrogens is 2. The molecule has 1 aromatic heterocycles. The number of nitrogens with one attached hydrogen (secondary N) is 1. The summed E-state index contributed by atoms with van der Waals surface area (Å²) in [5.74, 6) is -0.413. The summed E-state index contributed by atoms with van der Waals surface area (Å²) in [5, 5.41) is 5.36. The molecule has 0 saturated carbocycles. The highest BCUT2D eigenvalue weighted by molar-refractivity contribution is 7.97. The predicted octanol–water partition coefficient (Wildman–Crippen LogP) is 1.70. The van der Waals surface area contributed by atoms with Gasteiger partial charge in [-0.15, -0.1) is 0 Å². The van der Waals surface area contributed by atoms with E-state index in [9.17, 15) is 18.5 Å². The second kappa shape index (κ2) is 11.9. The number of hydrogen-bond acceptors (Lipinski definition) is 11. The van der Waals surface area contributed by atoms with Gasteiger partial charge >= 0.3 is 19.4 Å². The fraction of sp³-hybridized carbons (Fsp3) is 0.706.